The summed E-state index contributed by atoms with van der Waals surface area (Å²) in [5.41, 5.74) is -0.0526. The zero-order chi connectivity index (χ0) is 15.5. The maximum absolute atomic E-state index is 12.7. The van der Waals surface area contributed by atoms with E-state index >= 15 is 0 Å². The third-order valence-corrected chi connectivity index (χ3v) is 3.90. The summed E-state index contributed by atoms with van der Waals surface area (Å²) < 4.78 is 38.1. The summed E-state index contributed by atoms with van der Waals surface area (Å²) in [6.07, 6.45) is -4.49. The first-order valence-electron chi connectivity index (χ1n) is 5.99. The molecule has 0 saturated carbocycles. The van der Waals surface area contributed by atoms with Crippen molar-refractivity contribution in [3.8, 4) is 0 Å². The van der Waals surface area contributed by atoms with E-state index in [4.69, 9.17) is 5.11 Å². The third-order valence-electron chi connectivity index (χ3n) is 2.78. The smallest absolute Gasteiger partial charge is 0.416 e. The van der Waals surface area contributed by atoms with Crippen molar-refractivity contribution in [3.63, 3.8) is 0 Å². The fourth-order valence-corrected chi connectivity index (χ4v) is 2.77. The van der Waals surface area contributed by atoms with E-state index in [-0.39, 0.29) is 10.5 Å². The van der Waals surface area contributed by atoms with Crippen LogP contribution in [0.5, 0.6) is 0 Å². The van der Waals surface area contributed by atoms with Crippen LogP contribution in [0.3, 0.4) is 0 Å². The molecule has 0 aromatic heterocycles. The van der Waals surface area contributed by atoms with Crippen LogP contribution in [-0.2, 0) is 11.9 Å². The number of rotatable bonds is 4. The molecule has 6 heteroatoms. The lowest BCUT2D eigenvalue weighted by atomic mass is 10.1. The van der Waals surface area contributed by atoms with E-state index in [9.17, 15) is 18.0 Å². The van der Waals surface area contributed by atoms with Gasteiger partial charge in [-0.2, -0.15) is 13.2 Å². The van der Waals surface area contributed by atoms with E-state index in [2.05, 4.69) is 0 Å². The predicted octanol–water partition coefficient (Wildman–Crippen LogP) is 4.70. The number of hydrogen-bond acceptors (Lipinski definition) is 2. The standard InChI is InChI=1S/C15H11F3O2S/c16-15(17,18)11-6-7-12(14(19)20)13(8-11)21-9-10-4-2-1-3-5-10/h1-8H,9H2,(H,19,20). The first-order chi connectivity index (χ1) is 9.88. The van der Waals surface area contributed by atoms with E-state index in [0.29, 0.717) is 5.75 Å². The van der Waals surface area contributed by atoms with Crippen LogP contribution in [0.25, 0.3) is 0 Å². The molecule has 2 aromatic rings. The van der Waals surface area contributed by atoms with Crippen molar-refractivity contribution in [2.24, 2.45) is 0 Å². The van der Waals surface area contributed by atoms with Gasteiger partial charge >= 0.3 is 12.1 Å². The molecule has 0 saturated heterocycles. The number of hydrogen-bond donors (Lipinski definition) is 1. The summed E-state index contributed by atoms with van der Waals surface area (Å²) in [5, 5.41) is 9.06. The quantitative estimate of drug-likeness (QED) is 0.832. The fourth-order valence-electron chi connectivity index (χ4n) is 1.73. The van der Waals surface area contributed by atoms with Gasteiger partial charge < -0.3 is 5.11 Å². The van der Waals surface area contributed by atoms with Crippen LogP contribution in [0.1, 0.15) is 21.5 Å². The molecule has 0 aliphatic heterocycles. The third kappa shape index (κ3) is 4.01. The lowest BCUT2D eigenvalue weighted by Crippen LogP contribution is -2.07. The lowest BCUT2D eigenvalue weighted by molar-refractivity contribution is -0.137. The highest BCUT2D eigenvalue weighted by molar-refractivity contribution is 7.98. The molecule has 0 fully saturated rings. The Labute approximate surface area is 123 Å². The normalized spacial score (nSPS) is 11.4. The molecule has 0 aliphatic rings. The van der Waals surface area contributed by atoms with Crippen LogP contribution in [0.4, 0.5) is 13.2 Å². The molecule has 21 heavy (non-hydrogen) atoms. The molecule has 0 aliphatic carbocycles. The molecule has 0 bridgehead atoms. The number of carboxylic acid groups (broad SMARTS) is 1. The van der Waals surface area contributed by atoms with Gasteiger partial charge in [0.25, 0.3) is 0 Å². The molecule has 0 unspecified atom stereocenters. The average Bonchev–Trinajstić information content (AvgIpc) is 2.45. The number of carboxylic acids is 1. The monoisotopic (exact) mass is 312 g/mol. The van der Waals surface area contributed by atoms with Crippen molar-refractivity contribution in [2.45, 2.75) is 16.8 Å². The number of benzene rings is 2. The molecule has 0 radical (unpaired) electrons. The van der Waals surface area contributed by atoms with Crippen LogP contribution in [0.2, 0.25) is 0 Å². The molecule has 1 N–H and O–H groups in total. The number of alkyl halides is 3. The Morgan fingerprint density at radius 1 is 1.10 bits per heavy atom. The molecule has 0 spiro atoms. The molecule has 2 rings (SSSR count). The second-order valence-corrected chi connectivity index (χ2v) is 5.31. The van der Waals surface area contributed by atoms with Crippen molar-refractivity contribution in [1.29, 1.82) is 0 Å². The Morgan fingerprint density at radius 2 is 1.76 bits per heavy atom. The van der Waals surface area contributed by atoms with Gasteiger partial charge in [-0.05, 0) is 23.8 Å². The van der Waals surface area contributed by atoms with Gasteiger partial charge in [0.05, 0.1) is 11.1 Å². The molecule has 0 atom stereocenters. The molecule has 0 heterocycles. The average molecular weight is 312 g/mol. The number of aromatic carboxylic acids is 1. The van der Waals surface area contributed by atoms with E-state index in [1.807, 2.05) is 30.3 Å². The summed E-state index contributed by atoms with van der Waals surface area (Å²) >= 11 is 1.08. The van der Waals surface area contributed by atoms with Gasteiger partial charge in [0.1, 0.15) is 0 Å². The zero-order valence-electron chi connectivity index (χ0n) is 10.7. The van der Waals surface area contributed by atoms with Crippen LogP contribution in [0.15, 0.2) is 53.4 Å². The van der Waals surface area contributed by atoms with Gasteiger partial charge in [-0.25, -0.2) is 4.79 Å². The first kappa shape index (κ1) is 15.4. The number of carbonyl (C=O) groups is 1. The van der Waals surface area contributed by atoms with E-state index in [0.717, 1.165) is 35.5 Å². The minimum atomic E-state index is -4.49. The highest BCUT2D eigenvalue weighted by atomic mass is 32.2. The maximum Gasteiger partial charge on any atom is 0.416 e. The maximum atomic E-state index is 12.7. The van der Waals surface area contributed by atoms with Gasteiger partial charge in [0.15, 0.2) is 0 Å². The molecule has 2 aromatic carbocycles. The van der Waals surface area contributed by atoms with Gasteiger partial charge in [-0.15, -0.1) is 11.8 Å². The summed E-state index contributed by atoms with van der Waals surface area (Å²) in [4.78, 5) is 11.2. The molecule has 0 amide bonds. The Morgan fingerprint density at radius 3 is 2.33 bits per heavy atom. The Kier molecular flexibility index (Phi) is 4.57. The molecule has 2 nitrogen and oxygen atoms in total. The van der Waals surface area contributed by atoms with Gasteiger partial charge in [-0.3, -0.25) is 0 Å². The van der Waals surface area contributed by atoms with E-state index in [1.54, 1.807) is 0 Å². The van der Waals surface area contributed by atoms with Crippen LogP contribution < -0.4 is 0 Å². The van der Waals surface area contributed by atoms with Crippen molar-refractivity contribution < 1.29 is 23.1 Å². The SMILES string of the molecule is O=C(O)c1ccc(C(F)(F)F)cc1SCc1ccccc1. The molecular formula is C15H11F3O2S. The van der Waals surface area contributed by atoms with Crippen LogP contribution in [0, 0.1) is 0 Å². The minimum absolute atomic E-state index is 0.112. The Hall–Kier alpha value is -1.95. The van der Waals surface area contributed by atoms with E-state index < -0.39 is 17.7 Å². The first-order valence-corrected chi connectivity index (χ1v) is 6.98. The fraction of sp³-hybridized carbons (Fsp3) is 0.133. The van der Waals surface area contributed by atoms with Crippen molar-refractivity contribution in [3.05, 3.63) is 65.2 Å². The number of thioether (sulfide) groups is 1. The van der Waals surface area contributed by atoms with Crippen LogP contribution >= 0.6 is 11.8 Å². The zero-order valence-corrected chi connectivity index (χ0v) is 11.5. The second kappa shape index (κ2) is 6.22. The van der Waals surface area contributed by atoms with Gasteiger partial charge in [0, 0.05) is 10.6 Å². The molecular weight excluding hydrogens is 301 g/mol. The summed E-state index contributed by atoms with van der Waals surface area (Å²) in [6, 6.07) is 11.8. The summed E-state index contributed by atoms with van der Waals surface area (Å²) in [7, 11) is 0. The van der Waals surface area contributed by atoms with Gasteiger partial charge in [-0.1, -0.05) is 30.3 Å². The Bertz CT molecular complexity index is 639. The lowest BCUT2D eigenvalue weighted by Gasteiger charge is -2.11. The minimum Gasteiger partial charge on any atom is -0.478 e. The van der Waals surface area contributed by atoms with Crippen LogP contribution in [-0.4, -0.2) is 11.1 Å². The topological polar surface area (TPSA) is 37.3 Å². The van der Waals surface area contributed by atoms with E-state index in [1.165, 1.54) is 0 Å². The van der Waals surface area contributed by atoms with Crippen molar-refractivity contribution in [2.75, 3.05) is 0 Å². The summed E-state index contributed by atoms with van der Waals surface area (Å²) in [6.45, 7) is 0. The number of halogens is 3. The highest BCUT2D eigenvalue weighted by Gasteiger charge is 2.31. The summed E-state index contributed by atoms with van der Waals surface area (Å²) in [5.74, 6) is -0.832. The van der Waals surface area contributed by atoms with Gasteiger partial charge in [0.2, 0.25) is 0 Å². The predicted molar refractivity (Wildman–Crippen MR) is 74.4 cm³/mol. The van der Waals surface area contributed by atoms with Crippen molar-refractivity contribution in [1.82, 2.24) is 0 Å². The largest absolute Gasteiger partial charge is 0.478 e. The van der Waals surface area contributed by atoms with Crippen molar-refractivity contribution >= 4 is 17.7 Å². The Balaban J connectivity index is 2.29. The molecule has 110 valence electrons. The second-order valence-electron chi connectivity index (χ2n) is 4.29. The highest BCUT2D eigenvalue weighted by Crippen LogP contribution is 2.34.